The van der Waals surface area contributed by atoms with Crippen LogP contribution in [-0.2, 0) is 9.36 Å². The summed E-state index contributed by atoms with van der Waals surface area (Å²) in [4.78, 5) is 31.8. The summed E-state index contributed by atoms with van der Waals surface area (Å²) in [7, 11) is -4.47. The van der Waals surface area contributed by atoms with Crippen molar-refractivity contribution in [3.63, 3.8) is 0 Å². The first-order chi connectivity index (χ1) is 6.38. The van der Waals surface area contributed by atoms with Gasteiger partial charge in [-0.2, -0.15) is 0 Å². The summed E-state index contributed by atoms with van der Waals surface area (Å²) in [6.45, 7) is 0.526. The van der Waals surface area contributed by atoms with Gasteiger partial charge in [-0.25, -0.2) is 0 Å². The van der Waals surface area contributed by atoms with Crippen LogP contribution in [0.4, 0.5) is 0 Å². The molecule has 0 aromatic carbocycles. The van der Waals surface area contributed by atoms with Gasteiger partial charge in [0, 0.05) is 0 Å². The zero-order chi connectivity index (χ0) is 10.8. The fourth-order valence-electron chi connectivity index (χ4n) is 1.70. The Labute approximate surface area is 139 Å². The van der Waals surface area contributed by atoms with Gasteiger partial charge in [-0.15, -0.1) is 0 Å². The molecule has 1 rings (SSSR count). The maximum Gasteiger partial charge on any atom is 1.00 e. The monoisotopic (exact) mass is 266 g/mol. The maximum absolute atomic E-state index is 10.8. The van der Waals surface area contributed by atoms with Gasteiger partial charge in [0.2, 0.25) is 5.91 Å². The van der Waals surface area contributed by atoms with E-state index in [1.807, 2.05) is 0 Å². The fraction of sp³-hybridized carbons (Fsp3) is 0.857. The van der Waals surface area contributed by atoms with E-state index in [9.17, 15) is 19.1 Å². The Bertz CT molecular complexity index is 273. The molecule has 3 N–H and O–H groups in total. The van der Waals surface area contributed by atoms with Crippen molar-refractivity contribution in [1.29, 1.82) is 0 Å². The Morgan fingerprint density at radius 2 is 2.00 bits per heavy atom. The SMILES string of the molecule is NC(=O)C1C[C@@H](CP(=O)([O-])[O-])CCN1.[Na+].[Na+]. The third-order valence-corrected chi connectivity index (χ3v) is 3.30. The molecule has 6 nitrogen and oxygen atoms in total. The van der Waals surface area contributed by atoms with Crippen LogP contribution in [0.15, 0.2) is 0 Å². The smallest absolute Gasteiger partial charge is 0.811 e. The first kappa shape index (κ1) is 19.9. The molecular weight excluding hydrogens is 253 g/mol. The summed E-state index contributed by atoms with van der Waals surface area (Å²) in [6, 6.07) is -0.500. The molecule has 1 aliphatic heterocycles. The van der Waals surface area contributed by atoms with E-state index in [-0.39, 0.29) is 71.2 Å². The minimum absolute atomic E-state index is 0. The topological polar surface area (TPSA) is 118 Å². The molecule has 1 heterocycles. The molecule has 82 valence electrons. The van der Waals surface area contributed by atoms with E-state index in [0.717, 1.165) is 0 Å². The molecule has 1 amide bonds. The molecule has 0 spiro atoms. The summed E-state index contributed by atoms with van der Waals surface area (Å²) in [5, 5.41) is 2.87. The number of rotatable bonds is 3. The number of primary amides is 1. The molecule has 2 atom stereocenters. The second kappa shape index (κ2) is 8.64. The number of hydrogen-bond donors (Lipinski definition) is 2. The number of carbonyl (C=O) groups is 1. The van der Waals surface area contributed by atoms with Crippen molar-refractivity contribution in [3.05, 3.63) is 0 Å². The molecule has 9 heteroatoms. The first-order valence-corrected chi connectivity index (χ1v) is 6.15. The summed E-state index contributed by atoms with van der Waals surface area (Å²) in [5.41, 5.74) is 5.07. The van der Waals surface area contributed by atoms with Crippen molar-refractivity contribution in [3.8, 4) is 0 Å². The van der Waals surface area contributed by atoms with E-state index in [4.69, 9.17) is 5.73 Å². The van der Waals surface area contributed by atoms with Crippen molar-refractivity contribution >= 4 is 13.5 Å². The Morgan fingerprint density at radius 3 is 2.44 bits per heavy atom. The van der Waals surface area contributed by atoms with Crippen LogP contribution in [0.1, 0.15) is 12.8 Å². The molecule has 0 saturated carbocycles. The third kappa shape index (κ3) is 7.82. The van der Waals surface area contributed by atoms with Crippen LogP contribution >= 0.6 is 7.60 Å². The van der Waals surface area contributed by atoms with E-state index in [2.05, 4.69) is 5.32 Å². The van der Waals surface area contributed by atoms with Crippen LogP contribution < -0.4 is 80.0 Å². The molecule has 1 saturated heterocycles. The average Bonchev–Trinajstić information content (AvgIpc) is 2.01. The fourth-order valence-corrected chi connectivity index (χ4v) is 2.66. The molecule has 0 bridgehead atoms. The Hall–Kier alpha value is 1.58. The second-order valence-corrected chi connectivity index (χ2v) is 5.18. The number of nitrogens with one attached hydrogen (secondary N) is 1. The van der Waals surface area contributed by atoms with Crippen LogP contribution in [-0.4, -0.2) is 24.7 Å². The third-order valence-electron chi connectivity index (χ3n) is 2.34. The molecule has 1 unspecified atom stereocenters. The summed E-state index contributed by atoms with van der Waals surface area (Å²) < 4.78 is 10.5. The van der Waals surface area contributed by atoms with Gasteiger partial charge in [-0.05, 0) is 31.5 Å². The number of hydrogen-bond acceptors (Lipinski definition) is 5. The minimum atomic E-state index is -4.47. The first-order valence-electron chi connectivity index (χ1n) is 4.42. The van der Waals surface area contributed by atoms with Crippen molar-refractivity contribution in [2.45, 2.75) is 18.9 Å². The van der Waals surface area contributed by atoms with Gasteiger partial charge in [0.25, 0.3) is 0 Å². The van der Waals surface area contributed by atoms with Crippen molar-refractivity contribution in [2.75, 3.05) is 12.7 Å². The molecular formula is C7H13N2Na2O4P. The number of carbonyl (C=O) groups excluding carboxylic acids is 1. The Kier molecular flexibility index (Phi) is 10.8. The summed E-state index contributed by atoms with van der Waals surface area (Å²) in [5.74, 6) is -0.740. The predicted molar refractivity (Wildman–Crippen MR) is 46.2 cm³/mol. The summed E-state index contributed by atoms with van der Waals surface area (Å²) >= 11 is 0. The largest absolute Gasteiger partial charge is 1.00 e. The van der Waals surface area contributed by atoms with Gasteiger partial charge in [-0.1, -0.05) is 7.60 Å². The summed E-state index contributed by atoms with van der Waals surface area (Å²) in [6.07, 6.45) is 0.556. The van der Waals surface area contributed by atoms with Gasteiger partial charge in [0.1, 0.15) is 0 Å². The van der Waals surface area contributed by atoms with Crippen LogP contribution in [0.25, 0.3) is 0 Å². The van der Waals surface area contributed by atoms with Gasteiger partial charge in [-0.3, -0.25) is 4.79 Å². The second-order valence-electron chi connectivity index (χ2n) is 3.59. The van der Waals surface area contributed by atoms with E-state index in [1.165, 1.54) is 0 Å². The van der Waals surface area contributed by atoms with Crippen LogP contribution in [0, 0.1) is 5.92 Å². The zero-order valence-corrected chi connectivity index (χ0v) is 14.5. The Morgan fingerprint density at radius 1 is 1.44 bits per heavy atom. The van der Waals surface area contributed by atoms with Gasteiger partial charge >= 0.3 is 59.1 Å². The molecule has 0 radical (unpaired) electrons. The van der Waals surface area contributed by atoms with Crippen LogP contribution in [0.3, 0.4) is 0 Å². The van der Waals surface area contributed by atoms with Crippen molar-refractivity contribution in [1.82, 2.24) is 5.32 Å². The van der Waals surface area contributed by atoms with Gasteiger partial charge in [0.15, 0.2) is 0 Å². The number of nitrogens with two attached hydrogens (primary N) is 1. The van der Waals surface area contributed by atoms with E-state index < -0.39 is 19.5 Å². The number of amides is 1. The molecule has 0 aromatic rings. The average molecular weight is 266 g/mol. The van der Waals surface area contributed by atoms with E-state index in [1.54, 1.807) is 0 Å². The Balaban J connectivity index is 0. The van der Waals surface area contributed by atoms with Gasteiger partial charge < -0.3 is 25.4 Å². The minimum Gasteiger partial charge on any atom is -0.811 e. The zero-order valence-electron chi connectivity index (χ0n) is 9.64. The predicted octanol–water partition coefficient (Wildman–Crippen LogP) is -8.24. The standard InChI is InChI=1S/C7H15N2O4P.2Na/c8-7(10)6-3-5(1-2-9-6)4-14(11,12)13;;/h5-6,9H,1-4H2,(H2,8,10)(H2,11,12,13);;/q;2*+1/p-2/t5-,6?;;/m0../s1. The maximum atomic E-state index is 10.8. The quantitative estimate of drug-likeness (QED) is 0.388. The molecule has 0 aromatic heterocycles. The normalized spacial score (nSPS) is 25.1. The van der Waals surface area contributed by atoms with E-state index >= 15 is 0 Å². The molecule has 1 aliphatic rings. The number of piperidine rings is 1. The van der Waals surface area contributed by atoms with Crippen LogP contribution in [0.5, 0.6) is 0 Å². The van der Waals surface area contributed by atoms with Gasteiger partial charge in [0.05, 0.1) is 6.04 Å². The molecule has 0 aliphatic carbocycles. The van der Waals surface area contributed by atoms with E-state index in [0.29, 0.717) is 19.4 Å². The van der Waals surface area contributed by atoms with Crippen molar-refractivity contribution in [2.24, 2.45) is 11.7 Å². The molecule has 16 heavy (non-hydrogen) atoms. The molecule has 1 fully saturated rings. The van der Waals surface area contributed by atoms with Crippen molar-refractivity contribution < 1.29 is 78.3 Å². The van der Waals surface area contributed by atoms with Crippen LogP contribution in [0.2, 0.25) is 0 Å².